The molecule has 0 radical (unpaired) electrons. The van der Waals surface area contributed by atoms with Gasteiger partial charge in [-0.05, 0) is 25.8 Å². The Morgan fingerprint density at radius 2 is 2.22 bits per heavy atom. The predicted octanol–water partition coefficient (Wildman–Crippen LogP) is 1.36. The molecule has 0 aromatic rings. The molecule has 1 rings (SSSR count). The second-order valence-electron chi connectivity index (χ2n) is 5.47. The summed E-state index contributed by atoms with van der Waals surface area (Å²) in [6, 6.07) is 0. The zero-order valence-electron chi connectivity index (χ0n) is 13.9. The van der Waals surface area contributed by atoms with Crippen molar-refractivity contribution in [3.05, 3.63) is 24.8 Å². The Bertz CT molecular complexity index is 395. The zero-order valence-corrected chi connectivity index (χ0v) is 13.9. The highest BCUT2D eigenvalue weighted by molar-refractivity contribution is 5.81. The Labute approximate surface area is 137 Å². The van der Waals surface area contributed by atoms with Crippen LogP contribution < -0.4 is 0 Å². The van der Waals surface area contributed by atoms with E-state index in [0.717, 1.165) is 0 Å². The fraction of sp³-hybridized carbons (Fsp3) is 0.706. The summed E-state index contributed by atoms with van der Waals surface area (Å²) in [7, 11) is 0. The number of hydrogen-bond acceptors (Lipinski definition) is 6. The number of carbonyl (C=O) groups is 1. The fourth-order valence-electron chi connectivity index (χ4n) is 2.50. The van der Waals surface area contributed by atoms with Crippen LogP contribution in [0.4, 0.5) is 0 Å². The lowest BCUT2D eigenvalue weighted by Crippen LogP contribution is -2.35. The van der Waals surface area contributed by atoms with Gasteiger partial charge in [0.2, 0.25) is 0 Å². The van der Waals surface area contributed by atoms with Crippen LogP contribution in [0.2, 0.25) is 0 Å². The number of hydrogen-bond donors (Lipinski definition) is 2. The van der Waals surface area contributed by atoms with E-state index in [1.54, 1.807) is 13.0 Å². The van der Waals surface area contributed by atoms with Crippen LogP contribution in [0.1, 0.15) is 33.1 Å². The number of rotatable bonds is 10. The Kier molecular flexibility index (Phi) is 9.09. The van der Waals surface area contributed by atoms with Gasteiger partial charge >= 0.3 is 5.97 Å². The van der Waals surface area contributed by atoms with E-state index < -0.39 is 18.2 Å². The van der Waals surface area contributed by atoms with Crippen molar-refractivity contribution in [2.75, 3.05) is 13.2 Å². The van der Waals surface area contributed by atoms with Gasteiger partial charge in [0.1, 0.15) is 6.10 Å². The summed E-state index contributed by atoms with van der Waals surface area (Å²) in [6.45, 7) is 7.48. The minimum atomic E-state index is -0.738. The minimum Gasteiger partial charge on any atom is -0.463 e. The summed E-state index contributed by atoms with van der Waals surface area (Å²) in [5.74, 6) is -0.469. The smallest absolute Gasteiger partial charge is 0.330 e. The first-order valence-electron chi connectivity index (χ1n) is 8.11. The maximum absolute atomic E-state index is 11.4. The molecule has 0 unspecified atom stereocenters. The van der Waals surface area contributed by atoms with Gasteiger partial charge in [0.15, 0.2) is 0 Å². The fourth-order valence-corrected chi connectivity index (χ4v) is 2.50. The second-order valence-corrected chi connectivity index (χ2v) is 5.47. The van der Waals surface area contributed by atoms with Crippen molar-refractivity contribution >= 4 is 5.97 Å². The van der Waals surface area contributed by atoms with Crippen LogP contribution in [0.5, 0.6) is 0 Å². The first-order chi connectivity index (χ1) is 11.0. The topological polar surface area (TPSA) is 85.2 Å². The van der Waals surface area contributed by atoms with Crippen LogP contribution in [0.3, 0.4) is 0 Å². The molecule has 132 valence electrons. The van der Waals surface area contributed by atoms with Gasteiger partial charge in [0.05, 0.1) is 37.6 Å². The van der Waals surface area contributed by atoms with Crippen LogP contribution in [-0.2, 0) is 19.0 Å². The van der Waals surface area contributed by atoms with E-state index in [1.807, 2.05) is 6.92 Å². The van der Waals surface area contributed by atoms with Crippen molar-refractivity contribution in [3.8, 4) is 0 Å². The Morgan fingerprint density at radius 3 is 2.78 bits per heavy atom. The number of esters is 1. The molecule has 1 aliphatic heterocycles. The molecule has 0 saturated carbocycles. The highest BCUT2D eigenvalue weighted by Crippen LogP contribution is 2.27. The molecule has 1 aliphatic rings. The normalized spacial score (nSPS) is 27.0. The van der Waals surface area contributed by atoms with Gasteiger partial charge in [-0.25, -0.2) is 4.79 Å². The summed E-state index contributed by atoms with van der Waals surface area (Å²) in [5, 5.41) is 19.4. The minimum absolute atomic E-state index is 0.0762. The van der Waals surface area contributed by atoms with E-state index in [-0.39, 0.29) is 24.9 Å². The van der Waals surface area contributed by atoms with E-state index in [1.165, 1.54) is 12.2 Å². The maximum Gasteiger partial charge on any atom is 0.330 e. The van der Waals surface area contributed by atoms with Gasteiger partial charge < -0.3 is 24.4 Å². The Hall–Kier alpha value is -1.21. The van der Waals surface area contributed by atoms with Gasteiger partial charge in [-0.2, -0.15) is 0 Å². The molecule has 1 saturated heterocycles. The van der Waals surface area contributed by atoms with E-state index in [2.05, 4.69) is 6.58 Å². The molecule has 0 aliphatic carbocycles. The Balaban J connectivity index is 2.74. The summed E-state index contributed by atoms with van der Waals surface area (Å²) in [4.78, 5) is 11.4. The summed E-state index contributed by atoms with van der Waals surface area (Å²) < 4.78 is 16.5. The maximum atomic E-state index is 11.4. The molecule has 1 heterocycles. The summed E-state index contributed by atoms with van der Waals surface area (Å²) in [5.41, 5.74) is 0. The summed E-state index contributed by atoms with van der Waals surface area (Å²) in [6.07, 6.45) is 4.00. The molecule has 23 heavy (non-hydrogen) atoms. The van der Waals surface area contributed by atoms with Crippen LogP contribution in [0.25, 0.3) is 0 Å². The predicted molar refractivity (Wildman–Crippen MR) is 85.9 cm³/mol. The third-order valence-corrected chi connectivity index (χ3v) is 3.72. The van der Waals surface area contributed by atoms with E-state index >= 15 is 0 Å². The van der Waals surface area contributed by atoms with Crippen molar-refractivity contribution in [3.63, 3.8) is 0 Å². The van der Waals surface area contributed by atoms with Gasteiger partial charge in [0, 0.05) is 12.5 Å². The number of aliphatic hydroxyl groups is 2. The van der Waals surface area contributed by atoms with Gasteiger partial charge in [-0.3, -0.25) is 0 Å². The first kappa shape index (κ1) is 19.8. The monoisotopic (exact) mass is 328 g/mol. The van der Waals surface area contributed by atoms with E-state index in [9.17, 15) is 15.0 Å². The first-order valence-corrected chi connectivity index (χ1v) is 8.11. The number of carbonyl (C=O) groups excluding carboxylic acids is 1. The molecular formula is C17H28O6. The quantitative estimate of drug-likeness (QED) is 0.358. The second kappa shape index (κ2) is 10.5. The van der Waals surface area contributed by atoms with Crippen molar-refractivity contribution < 1.29 is 29.2 Å². The molecule has 1 fully saturated rings. The average Bonchev–Trinajstić information content (AvgIpc) is 2.93. The van der Waals surface area contributed by atoms with Gasteiger partial charge in [-0.1, -0.05) is 13.0 Å². The third-order valence-electron chi connectivity index (χ3n) is 3.72. The largest absolute Gasteiger partial charge is 0.463 e. The van der Waals surface area contributed by atoms with Gasteiger partial charge in [-0.15, -0.1) is 6.58 Å². The highest BCUT2D eigenvalue weighted by Gasteiger charge is 2.37. The van der Waals surface area contributed by atoms with E-state index in [4.69, 9.17) is 14.2 Å². The SMILES string of the molecule is C=CC[C@@H]1O[C@@H](CO)C[C@@H]1O[C@H](/C=C/C(=O)OCC)[C@H](O)CC. The van der Waals surface area contributed by atoms with Gasteiger partial charge in [0.25, 0.3) is 0 Å². The lowest BCUT2D eigenvalue weighted by atomic mass is 10.1. The lowest BCUT2D eigenvalue weighted by molar-refractivity contribution is -0.137. The van der Waals surface area contributed by atoms with Crippen molar-refractivity contribution in [2.45, 2.75) is 63.6 Å². The summed E-state index contributed by atoms with van der Waals surface area (Å²) >= 11 is 0. The van der Waals surface area contributed by atoms with Crippen LogP contribution in [-0.4, -0.2) is 59.9 Å². The Morgan fingerprint density at radius 1 is 1.48 bits per heavy atom. The average molecular weight is 328 g/mol. The van der Waals surface area contributed by atoms with E-state index in [0.29, 0.717) is 25.9 Å². The molecular weight excluding hydrogens is 300 g/mol. The van der Waals surface area contributed by atoms with Crippen LogP contribution >= 0.6 is 0 Å². The molecule has 5 atom stereocenters. The standard InChI is InChI=1S/C17H28O6/c1-4-7-15-16(10-12(11-18)22-15)23-14(13(19)5-2)8-9-17(20)21-6-3/h4,8-9,12-16,18-19H,1,5-7,10-11H2,2-3H3/b9-8+/t12-,13-,14-,15+,16+/m1/s1. The van der Waals surface area contributed by atoms with Crippen molar-refractivity contribution in [1.29, 1.82) is 0 Å². The molecule has 0 aromatic carbocycles. The zero-order chi connectivity index (χ0) is 17.2. The lowest BCUT2D eigenvalue weighted by Gasteiger charge is -2.25. The molecule has 0 spiro atoms. The number of aliphatic hydroxyl groups excluding tert-OH is 2. The molecule has 0 amide bonds. The molecule has 6 nitrogen and oxygen atoms in total. The third kappa shape index (κ3) is 6.43. The molecule has 6 heteroatoms. The van der Waals surface area contributed by atoms with Crippen molar-refractivity contribution in [1.82, 2.24) is 0 Å². The number of ether oxygens (including phenoxy) is 3. The van der Waals surface area contributed by atoms with Crippen LogP contribution in [0, 0.1) is 0 Å². The van der Waals surface area contributed by atoms with Crippen molar-refractivity contribution in [2.24, 2.45) is 0 Å². The molecule has 2 N–H and O–H groups in total. The highest BCUT2D eigenvalue weighted by atomic mass is 16.6. The molecule has 0 bridgehead atoms. The molecule has 0 aromatic heterocycles. The van der Waals surface area contributed by atoms with Crippen LogP contribution in [0.15, 0.2) is 24.8 Å².